The van der Waals surface area contributed by atoms with Crippen LogP contribution in [0.3, 0.4) is 0 Å². The summed E-state index contributed by atoms with van der Waals surface area (Å²) in [6.45, 7) is 6.09. The van der Waals surface area contributed by atoms with E-state index in [-0.39, 0.29) is 43.0 Å². The van der Waals surface area contributed by atoms with E-state index in [0.717, 1.165) is 12.0 Å². The molecular formula is C28H44N2O8. The largest absolute Gasteiger partial charge is 0.445 e. The zero-order valence-corrected chi connectivity index (χ0v) is 22.7. The summed E-state index contributed by atoms with van der Waals surface area (Å²) >= 11 is 0. The van der Waals surface area contributed by atoms with Crippen molar-refractivity contribution in [1.29, 1.82) is 0 Å². The predicted molar refractivity (Wildman–Crippen MR) is 142 cm³/mol. The highest BCUT2D eigenvalue weighted by Crippen LogP contribution is 2.24. The van der Waals surface area contributed by atoms with Gasteiger partial charge in [-0.1, -0.05) is 37.3 Å². The molecule has 0 aromatic heterocycles. The van der Waals surface area contributed by atoms with Crippen LogP contribution in [-0.2, 0) is 35.1 Å². The summed E-state index contributed by atoms with van der Waals surface area (Å²) in [4.78, 5) is 35.9. The number of hydrogen-bond donors (Lipinski definition) is 3. The first-order valence-electron chi connectivity index (χ1n) is 13.6. The van der Waals surface area contributed by atoms with Gasteiger partial charge in [0.1, 0.15) is 12.4 Å². The molecule has 1 heterocycles. The topological polar surface area (TPSA) is 132 Å². The van der Waals surface area contributed by atoms with Crippen molar-refractivity contribution in [2.75, 3.05) is 33.0 Å². The lowest BCUT2D eigenvalue weighted by Gasteiger charge is -2.13. The van der Waals surface area contributed by atoms with Gasteiger partial charge in [-0.15, -0.1) is 0 Å². The van der Waals surface area contributed by atoms with E-state index >= 15 is 0 Å². The number of ketones is 1. The normalized spacial score (nSPS) is 19.6. The standard InChI is InChI=1S/C28H44N2O8/c1-3-26-25(32)18-24(38-26)19-27(33)29-13-15-36-17-16-35-14-7-10-23(31)12-11-21(2)30-28(34)37-20-22-8-5-4-6-9-22/h4-6,8-9,21,24-26,32H,3,7,10-20H2,1-2H3,(H,29,33)(H,30,34)/t21-,24+,25?,26-/m1/s1. The maximum atomic E-state index is 12.1. The molecule has 38 heavy (non-hydrogen) atoms. The van der Waals surface area contributed by atoms with Crippen LogP contribution in [-0.4, -0.2) is 80.2 Å². The van der Waals surface area contributed by atoms with Crippen LogP contribution in [0.2, 0.25) is 0 Å². The monoisotopic (exact) mass is 536 g/mol. The molecule has 10 heteroatoms. The molecule has 2 rings (SSSR count). The van der Waals surface area contributed by atoms with E-state index in [4.69, 9.17) is 18.9 Å². The molecule has 10 nitrogen and oxygen atoms in total. The SMILES string of the molecule is CC[C@H]1O[C@H](CC(=O)NCCOCCOCCCC(=O)CC[C@@H](C)NC(=O)OCc2ccccc2)CC1O. The Labute approximate surface area is 225 Å². The fraction of sp³-hybridized carbons (Fsp3) is 0.679. The first-order chi connectivity index (χ1) is 18.4. The molecular weight excluding hydrogens is 492 g/mol. The molecule has 1 aliphatic rings. The van der Waals surface area contributed by atoms with E-state index in [0.29, 0.717) is 65.1 Å². The molecule has 2 amide bonds. The summed E-state index contributed by atoms with van der Waals surface area (Å²) in [6, 6.07) is 9.29. The summed E-state index contributed by atoms with van der Waals surface area (Å²) in [5, 5.41) is 15.4. The number of aliphatic hydroxyl groups is 1. The van der Waals surface area contributed by atoms with Gasteiger partial charge in [-0.3, -0.25) is 9.59 Å². The zero-order chi connectivity index (χ0) is 27.6. The van der Waals surface area contributed by atoms with Crippen LogP contribution >= 0.6 is 0 Å². The van der Waals surface area contributed by atoms with Crippen LogP contribution in [0.5, 0.6) is 0 Å². The van der Waals surface area contributed by atoms with Crippen LogP contribution in [0.25, 0.3) is 0 Å². The number of amides is 2. The highest BCUT2D eigenvalue weighted by molar-refractivity contribution is 5.78. The highest BCUT2D eigenvalue weighted by Gasteiger charge is 2.33. The van der Waals surface area contributed by atoms with E-state index in [1.54, 1.807) is 0 Å². The Morgan fingerprint density at radius 3 is 2.53 bits per heavy atom. The average Bonchev–Trinajstić information content (AvgIpc) is 3.26. The maximum absolute atomic E-state index is 12.1. The van der Waals surface area contributed by atoms with Gasteiger partial charge in [0.05, 0.1) is 44.6 Å². The lowest BCUT2D eigenvalue weighted by molar-refractivity contribution is -0.124. The molecule has 1 saturated heterocycles. The van der Waals surface area contributed by atoms with Crippen LogP contribution in [0.15, 0.2) is 30.3 Å². The van der Waals surface area contributed by atoms with Gasteiger partial charge in [0.25, 0.3) is 0 Å². The van der Waals surface area contributed by atoms with Crippen molar-refractivity contribution in [3.05, 3.63) is 35.9 Å². The Hall–Kier alpha value is -2.53. The van der Waals surface area contributed by atoms with Gasteiger partial charge in [-0.05, 0) is 31.7 Å². The molecule has 1 aliphatic heterocycles. The van der Waals surface area contributed by atoms with E-state index in [1.165, 1.54) is 0 Å². The second-order valence-corrected chi connectivity index (χ2v) is 9.57. The molecule has 0 spiro atoms. The third kappa shape index (κ3) is 13.9. The molecule has 1 aromatic rings. The number of Topliss-reactive ketones (excluding diaryl/α,β-unsaturated/α-hetero) is 1. The van der Waals surface area contributed by atoms with Gasteiger partial charge in [0.15, 0.2) is 0 Å². The van der Waals surface area contributed by atoms with Crippen LogP contribution < -0.4 is 10.6 Å². The van der Waals surface area contributed by atoms with Crippen LogP contribution in [0, 0.1) is 0 Å². The maximum Gasteiger partial charge on any atom is 0.407 e. The fourth-order valence-electron chi connectivity index (χ4n) is 4.09. The summed E-state index contributed by atoms with van der Waals surface area (Å²) in [6.07, 6.45) is 2.09. The van der Waals surface area contributed by atoms with Gasteiger partial charge in [-0.2, -0.15) is 0 Å². The second-order valence-electron chi connectivity index (χ2n) is 9.57. The van der Waals surface area contributed by atoms with Gasteiger partial charge in [0, 0.05) is 38.5 Å². The Bertz CT molecular complexity index is 822. The first kappa shape index (κ1) is 31.7. The zero-order valence-electron chi connectivity index (χ0n) is 22.7. The molecule has 1 aromatic carbocycles. The minimum Gasteiger partial charge on any atom is -0.445 e. The number of ether oxygens (including phenoxy) is 4. The van der Waals surface area contributed by atoms with Crippen molar-refractivity contribution < 1.29 is 38.4 Å². The van der Waals surface area contributed by atoms with Crippen molar-refractivity contribution in [2.24, 2.45) is 0 Å². The Morgan fingerprint density at radius 1 is 1.08 bits per heavy atom. The lowest BCUT2D eigenvalue weighted by atomic mass is 10.1. The number of rotatable bonds is 19. The van der Waals surface area contributed by atoms with Gasteiger partial charge in [-0.25, -0.2) is 4.79 Å². The van der Waals surface area contributed by atoms with Crippen molar-refractivity contribution in [2.45, 2.75) is 89.8 Å². The third-order valence-corrected chi connectivity index (χ3v) is 6.23. The van der Waals surface area contributed by atoms with Crippen molar-refractivity contribution in [1.82, 2.24) is 10.6 Å². The summed E-state index contributed by atoms with van der Waals surface area (Å²) in [5.41, 5.74) is 0.918. The molecule has 0 bridgehead atoms. The molecule has 0 radical (unpaired) electrons. The number of aliphatic hydroxyl groups excluding tert-OH is 1. The van der Waals surface area contributed by atoms with Gasteiger partial charge in [0.2, 0.25) is 5.91 Å². The quantitative estimate of drug-likeness (QED) is 0.230. The molecule has 1 fully saturated rings. The van der Waals surface area contributed by atoms with Crippen LogP contribution in [0.1, 0.15) is 64.4 Å². The number of nitrogens with one attached hydrogen (secondary N) is 2. The smallest absolute Gasteiger partial charge is 0.407 e. The molecule has 1 unspecified atom stereocenters. The van der Waals surface area contributed by atoms with Crippen molar-refractivity contribution in [3.8, 4) is 0 Å². The second kappa shape index (κ2) is 18.7. The minimum absolute atomic E-state index is 0.114. The van der Waals surface area contributed by atoms with Crippen molar-refractivity contribution >= 4 is 17.8 Å². The summed E-state index contributed by atoms with van der Waals surface area (Å²) < 4.78 is 21.8. The minimum atomic E-state index is -0.492. The lowest BCUT2D eigenvalue weighted by Crippen LogP contribution is -2.33. The first-order valence-corrected chi connectivity index (χ1v) is 13.6. The third-order valence-electron chi connectivity index (χ3n) is 6.23. The van der Waals surface area contributed by atoms with Gasteiger partial charge >= 0.3 is 6.09 Å². The molecule has 0 saturated carbocycles. The van der Waals surface area contributed by atoms with E-state index in [9.17, 15) is 19.5 Å². The van der Waals surface area contributed by atoms with Gasteiger partial charge < -0.3 is 34.7 Å². The van der Waals surface area contributed by atoms with E-state index in [2.05, 4.69) is 10.6 Å². The molecule has 214 valence electrons. The van der Waals surface area contributed by atoms with E-state index in [1.807, 2.05) is 44.2 Å². The molecule has 0 aliphatic carbocycles. The number of benzene rings is 1. The fourth-order valence-corrected chi connectivity index (χ4v) is 4.09. The number of hydrogen-bond acceptors (Lipinski definition) is 8. The highest BCUT2D eigenvalue weighted by atomic mass is 16.5. The molecule has 4 atom stereocenters. The number of alkyl carbamates (subject to hydrolysis) is 1. The van der Waals surface area contributed by atoms with Crippen LogP contribution in [0.4, 0.5) is 4.79 Å². The summed E-state index contributed by atoms with van der Waals surface area (Å²) in [5.74, 6) is 0.0197. The van der Waals surface area contributed by atoms with Crippen molar-refractivity contribution in [3.63, 3.8) is 0 Å². The Balaban J connectivity index is 1.36. The predicted octanol–water partition coefficient (Wildman–Crippen LogP) is 2.90. The molecule has 3 N–H and O–H groups in total. The Morgan fingerprint density at radius 2 is 1.82 bits per heavy atom. The number of carbonyl (C=O) groups excluding carboxylic acids is 3. The summed E-state index contributed by atoms with van der Waals surface area (Å²) in [7, 11) is 0. The number of carbonyl (C=O) groups is 3. The Kier molecular flexibility index (Phi) is 15.6. The van der Waals surface area contributed by atoms with E-state index < -0.39 is 12.2 Å². The average molecular weight is 537 g/mol.